The molecule has 0 spiro atoms. The maximum Gasteiger partial charge on any atom is 0.286 e. The lowest BCUT2D eigenvalue weighted by Gasteiger charge is -2.27. The Morgan fingerprint density at radius 2 is 1.79 bits per heavy atom. The normalized spacial score (nSPS) is 16.5. The van der Waals surface area contributed by atoms with Gasteiger partial charge in [-0.15, -0.1) is 0 Å². The van der Waals surface area contributed by atoms with E-state index in [1.165, 1.54) is 17.8 Å². The number of benzene rings is 3. The Morgan fingerprint density at radius 3 is 2.62 bits per heavy atom. The number of amidine groups is 1. The molecule has 0 N–H and O–H groups in total. The fraction of sp³-hybridized carbons (Fsp3) is 0.167. The third-order valence-electron chi connectivity index (χ3n) is 6.40. The number of hydrogen-bond acceptors (Lipinski definition) is 6. The van der Waals surface area contributed by atoms with Crippen LogP contribution in [-0.4, -0.2) is 52.1 Å². The summed E-state index contributed by atoms with van der Waals surface area (Å²) in [6.45, 7) is 2.77. The van der Waals surface area contributed by atoms with Crippen molar-refractivity contribution in [3.63, 3.8) is 0 Å². The highest BCUT2D eigenvalue weighted by molar-refractivity contribution is 8.18. The molecule has 3 heterocycles. The van der Waals surface area contributed by atoms with Crippen LogP contribution in [0.15, 0.2) is 95.0 Å². The number of aliphatic imine (C=N–C) groups is 1. The summed E-state index contributed by atoms with van der Waals surface area (Å²) in [5.74, 6) is 0.0244. The number of aromatic nitrogens is 2. The lowest BCUT2D eigenvalue weighted by Crippen LogP contribution is -2.38. The van der Waals surface area contributed by atoms with Crippen molar-refractivity contribution in [3.8, 4) is 22.7 Å². The van der Waals surface area contributed by atoms with Gasteiger partial charge in [0.05, 0.1) is 23.8 Å². The zero-order chi connectivity index (χ0) is 26.6. The molecule has 0 saturated carbocycles. The van der Waals surface area contributed by atoms with Gasteiger partial charge in [0, 0.05) is 36.0 Å². The smallest absolute Gasteiger partial charge is 0.286 e. The van der Waals surface area contributed by atoms with Crippen molar-refractivity contribution < 1.29 is 18.7 Å². The van der Waals surface area contributed by atoms with Crippen molar-refractivity contribution in [2.75, 3.05) is 26.3 Å². The third-order valence-corrected chi connectivity index (χ3v) is 7.44. The first-order chi connectivity index (χ1) is 19.1. The predicted octanol–water partition coefficient (Wildman–Crippen LogP) is 5.56. The maximum atomic E-state index is 14.1. The second kappa shape index (κ2) is 11.3. The molecule has 0 aliphatic carbocycles. The molecule has 0 atom stereocenters. The van der Waals surface area contributed by atoms with Crippen LogP contribution in [0.4, 0.5) is 4.39 Å². The number of hydrogen-bond donors (Lipinski definition) is 0. The zero-order valence-electron chi connectivity index (χ0n) is 21.0. The first-order valence-electron chi connectivity index (χ1n) is 12.6. The molecule has 2 aliphatic rings. The lowest BCUT2D eigenvalue weighted by atomic mass is 10.1. The summed E-state index contributed by atoms with van der Waals surface area (Å²) < 4.78 is 27.2. The van der Waals surface area contributed by atoms with Gasteiger partial charge in [-0.25, -0.2) is 9.07 Å². The molecule has 0 radical (unpaired) electrons. The van der Waals surface area contributed by atoms with E-state index in [0.29, 0.717) is 53.4 Å². The van der Waals surface area contributed by atoms with E-state index >= 15 is 0 Å². The van der Waals surface area contributed by atoms with Crippen LogP contribution < -0.4 is 4.74 Å². The second-order valence-corrected chi connectivity index (χ2v) is 10.0. The summed E-state index contributed by atoms with van der Waals surface area (Å²) in [5.41, 5.74) is 3.66. The minimum Gasteiger partial charge on any atom is -0.489 e. The molecule has 1 fully saturated rings. The molecule has 1 saturated heterocycles. The van der Waals surface area contributed by atoms with Crippen molar-refractivity contribution in [1.29, 1.82) is 0 Å². The molecule has 2 aliphatic heterocycles. The van der Waals surface area contributed by atoms with Gasteiger partial charge in [0.1, 0.15) is 23.9 Å². The van der Waals surface area contributed by atoms with E-state index in [-0.39, 0.29) is 18.3 Å². The molecular weight excluding hydrogens is 515 g/mol. The largest absolute Gasteiger partial charge is 0.489 e. The molecule has 39 heavy (non-hydrogen) atoms. The molecule has 0 unspecified atom stereocenters. The molecule has 0 bridgehead atoms. The Hall–Kier alpha value is -4.21. The van der Waals surface area contributed by atoms with Crippen LogP contribution >= 0.6 is 11.8 Å². The van der Waals surface area contributed by atoms with E-state index in [4.69, 9.17) is 14.6 Å². The molecule has 196 valence electrons. The summed E-state index contributed by atoms with van der Waals surface area (Å²) in [6.07, 6.45) is 3.75. The van der Waals surface area contributed by atoms with E-state index in [2.05, 4.69) is 9.89 Å². The third kappa shape index (κ3) is 5.64. The monoisotopic (exact) mass is 540 g/mol. The van der Waals surface area contributed by atoms with Crippen LogP contribution in [-0.2, 0) is 16.1 Å². The van der Waals surface area contributed by atoms with Gasteiger partial charge in [-0.05, 0) is 48.2 Å². The second-order valence-electron chi connectivity index (χ2n) is 9.03. The summed E-state index contributed by atoms with van der Waals surface area (Å²) >= 11 is 1.37. The summed E-state index contributed by atoms with van der Waals surface area (Å²) in [4.78, 5) is 19.8. The first-order valence-corrected chi connectivity index (χ1v) is 13.4. The quantitative estimate of drug-likeness (QED) is 0.298. The zero-order valence-corrected chi connectivity index (χ0v) is 21.8. The van der Waals surface area contributed by atoms with E-state index < -0.39 is 0 Å². The first kappa shape index (κ1) is 25.1. The topological polar surface area (TPSA) is 69.0 Å². The highest BCUT2D eigenvalue weighted by Crippen LogP contribution is 2.34. The summed E-state index contributed by atoms with van der Waals surface area (Å²) in [7, 11) is 0. The standard InChI is InChI=1S/C30H25FN4O3S/c31-26-12-5-4-7-22(26)20-38-25-11-6-8-21(17-25)28-23(19-35(33-28)24-9-2-1-3-10-24)18-27-29(36)32-30(39-27)34-13-15-37-16-14-34/h1-12,17-19H,13-16,20H2/b27-18-. The Kier molecular flexibility index (Phi) is 7.25. The van der Waals surface area contributed by atoms with Crippen LogP contribution in [0.2, 0.25) is 0 Å². The molecule has 1 aromatic heterocycles. The van der Waals surface area contributed by atoms with Crippen LogP contribution in [0, 0.1) is 5.82 Å². The van der Waals surface area contributed by atoms with Gasteiger partial charge in [0.15, 0.2) is 5.17 Å². The van der Waals surface area contributed by atoms with Gasteiger partial charge in [-0.2, -0.15) is 10.1 Å². The number of morpholine rings is 1. The van der Waals surface area contributed by atoms with Crippen molar-refractivity contribution in [3.05, 3.63) is 107 Å². The number of nitrogens with zero attached hydrogens (tertiary/aromatic N) is 4. The number of para-hydroxylation sites is 1. The van der Waals surface area contributed by atoms with Crippen LogP contribution in [0.25, 0.3) is 23.0 Å². The number of carbonyl (C=O) groups is 1. The molecule has 9 heteroatoms. The fourth-order valence-corrected chi connectivity index (χ4v) is 5.32. The average Bonchev–Trinajstić information content (AvgIpc) is 3.57. The highest BCUT2D eigenvalue weighted by Gasteiger charge is 2.28. The van der Waals surface area contributed by atoms with Crippen LogP contribution in [0.1, 0.15) is 11.1 Å². The Bertz CT molecular complexity index is 1560. The summed E-state index contributed by atoms with van der Waals surface area (Å²) in [6, 6.07) is 23.9. The Labute approximate surface area is 229 Å². The highest BCUT2D eigenvalue weighted by atomic mass is 32.2. The summed E-state index contributed by atoms with van der Waals surface area (Å²) in [5, 5.41) is 5.58. The van der Waals surface area contributed by atoms with Gasteiger partial charge >= 0.3 is 0 Å². The van der Waals surface area contributed by atoms with Crippen molar-refractivity contribution in [2.24, 2.45) is 4.99 Å². The predicted molar refractivity (Wildman–Crippen MR) is 150 cm³/mol. The number of carbonyl (C=O) groups excluding carboxylic acids is 1. The van der Waals surface area contributed by atoms with E-state index in [0.717, 1.165) is 16.8 Å². The number of amides is 1. The number of ether oxygens (including phenoxy) is 2. The molecular formula is C30H25FN4O3S. The molecule has 7 nitrogen and oxygen atoms in total. The lowest BCUT2D eigenvalue weighted by molar-refractivity contribution is -0.113. The minimum atomic E-state index is -0.304. The molecule has 4 aromatic rings. The minimum absolute atomic E-state index is 0.109. The van der Waals surface area contributed by atoms with E-state index in [1.807, 2.05) is 66.9 Å². The Balaban J connectivity index is 1.31. The van der Waals surface area contributed by atoms with E-state index in [9.17, 15) is 9.18 Å². The molecule has 3 aromatic carbocycles. The number of thioether (sulfide) groups is 1. The average molecular weight is 541 g/mol. The van der Waals surface area contributed by atoms with Gasteiger partial charge in [0.2, 0.25) is 0 Å². The fourth-order valence-electron chi connectivity index (χ4n) is 4.37. The maximum absolute atomic E-state index is 14.1. The van der Waals surface area contributed by atoms with Gasteiger partial charge in [-0.3, -0.25) is 4.79 Å². The van der Waals surface area contributed by atoms with Gasteiger partial charge in [-0.1, -0.05) is 48.5 Å². The molecule has 1 amide bonds. The number of halogens is 1. The van der Waals surface area contributed by atoms with Crippen LogP contribution in [0.5, 0.6) is 5.75 Å². The molecule has 6 rings (SSSR count). The van der Waals surface area contributed by atoms with Crippen molar-refractivity contribution in [2.45, 2.75) is 6.61 Å². The van der Waals surface area contributed by atoms with Crippen molar-refractivity contribution in [1.82, 2.24) is 14.7 Å². The van der Waals surface area contributed by atoms with E-state index in [1.54, 1.807) is 22.9 Å². The van der Waals surface area contributed by atoms with Crippen LogP contribution in [0.3, 0.4) is 0 Å². The van der Waals surface area contributed by atoms with Gasteiger partial charge in [0.25, 0.3) is 5.91 Å². The van der Waals surface area contributed by atoms with Crippen molar-refractivity contribution >= 4 is 28.9 Å². The Morgan fingerprint density at radius 1 is 1.00 bits per heavy atom. The number of rotatable bonds is 6. The van der Waals surface area contributed by atoms with Gasteiger partial charge < -0.3 is 14.4 Å². The SMILES string of the molecule is O=C1N=C(N2CCOCC2)S/C1=C\c1cn(-c2ccccc2)nc1-c1cccc(OCc2ccccc2F)c1.